The lowest BCUT2D eigenvalue weighted by molar-refractivity contribution is -0.174. The van der Waals surface area contributed by atoms with E-state index in [1.165, 1.54) is 0 Å². The van der Waals surface area contributed by atoms with E-state index in [4.69, 9.17) is 15.2 Å². The van der Waals surface area contributed by atoms with Gasteiger partial charge in [-0.3, -0.25) is 9.59 Å². The van der Waals surface area contributed by atoms with Crippen LogP contribution >= 0.6 is 0 Å². The fraction of sp³-hybridized carbons (Fsp3) is 0.818. The Morgan fingerprint density at radius 3 is 2.06 bits per heavy atom. The number of hydrogen-bond donors (Lipinski definition) is 1. The quantitative estimate of drug-likeness (QED) is 0.578. The molecule has 0 spiro atoms. The molecule has 0 aromatic rings. The second-order valence-corrected chi connectivity index (χ2v) is 5.03. The maximum atomic E-state index is 11.3. The van der Waals surface area contributed by atoms with Crippen LogP contribution in [0.5, 0.6) is 0 Å². The first-order valence-corrected chi connectivity index (χ1v) is 5.25. The molecule has 1 atom stereocenters. The summed E-state index contributed by atoms with van der Waals surface area (Å²) in [6.45, 7) is 8.40. The van der Waals surface area contributed by atoms with Gasteiger partial charge in [0.1, 0.15) is 6.04 Å². The average Bonchev–Trinajstić information content (AvgIpc) is 2.14. The SMILES string of the molecule is CC(C)[C@H](N)C(=O)OCOC(=O)C(C)(C)C. The molecule has 94 valence electrons. The first kappa shape index (κ1) is 14.9. The Hall–Kier alpha value is -1.10. The number of hydrogen-bond acceptors (Lipinski definition) is 5. The molecule has 0 aromatic carbocycles. The number of ether oxygens (including phenoxy) is 2. The predicted molar refractivity (Wildman–Crippen MR) is 59.3 cm³/mol. The van der Waals surface area contributed by atoms with Gasteiger partial charge in [-0.25, -0.2) is 0 Å². The van der Waals surface area contributed by atoms with Gasteiger partial charge in [0.2, 0.25) is 6.79 Å². The van der Waals surface area contributed by atoms with Crippen molar-refractivity contribution in [1.82, 2.24) is 0 Å². The third-order valence-electron chi connectivity index (χ3n) is 1.99. The van der Waals surface area contributed by atoms with Crippen LogP contribution in [-0.4, -0.2) is 24.8 Å². The van der Waals surface area contributed by atoms with E-state index in [9.17, 15) is 9.59 Å². The molecule has 16 heavy (non-hydrogen) atoms. The Morgan fingerprint density at radius 2 is 1.69 bits per heavy atom. The summed E-state index contributed by atoms with van der Waals surface area (Å²) < 4.78 is 9.49. The van der Waals surface area contributed by atoms with Crippen molar-refractivity contribution in [2.24, 2.45) is 17.1 Å². The van der Waals surface area contributed by atoms with E-state index in [0.29, 0.717) is 0 Å². The summed E-state index contributed by atoms with van der Waals surface area (Å²) >= 11 is 0. The van der Waals surface area contributed by atoms with E-state index >= 15 is 0 Å². The molecule has 0 radical (unpaired) electrons. The zero-order valence-corrected chi connectivity index (χ0v) is 10.6. The van der Waals surface area contributed by atoms with Gasteiger partial charge >= 0.3 is 11.9 Å². The zero-order valence-electron chi connectivity index (χ0n) is 10.6. The van der Waals surface area contributed by atoms with Gasteiger partial charge in [0.15, 0.2) is 0 Å². The molecule has 0 aliphatic rings. The van der Waals surface area contributed by atoms with Gasteiger partial charge in [-0.1, -0.05) is 13.8 Å². The highest BCUT2D eigenvalue weighted by molar-refractivity contribution is 5.77. The van der Waals surface area contributed by atoms with Crippen molar-refractivity contribution >= 4 is 11.9 Å². The van der Waals surface area contributed by atoms with E-state index in [2.05, 4.69) is 0 Å². The van der Waals surface area contributed by atoms with Gasteiger partial charge in [-0.2, -0.15) is 0 Å². The minimum atomic E-state index is -0.687. The molecule has 0 bridgehead atoms. The van der Waals surface area contributed by atoms with Crippen LogP contribution in [0.1, 0.15) is 34.6 Å². The minimum Gasteiger partial charge on any atom is -0.427 e. The second-order valence-electron chi connectivity index (χ2n) is 5.03. The molecule has 0 rings (SSSR count). The van der Waals surface area contributed by atoms with Crippen LogP contribution in [0.2, 0.25) is 0 Å². The van der Waals surface area contributed by atoms with Crippen LogP contribution in [0.4, 0.5) is 0 Å². The molecule has 0 aromatic heterocycles. The first-order valence-electron chi connectivity index (χ1n) is 5.25. The van der Waals surface area contributed by atoms with Gasteiger partial charge in [0, 0.05) is 0 Å². The maximum absolute atomic E-state index is 11.3. The summed E-state index contributed by atoms with van der Waals surface area (Å²) in [5.74, 6) is -0.985. The Labute approximate surface area is 96.3 Å². The molecule has 0 fully saturated rings. The Kier molecular flexibility index (Phi) is 5.44. The third kappa shape index (κ3) is 5.11. The second kappa shape index (κ2) is 5.84. The lowest BCUT2D eigenvalue weighted by Crippen LogP contribution is -2.37. The smallest absolute Gasteiger partial charge is 0.326 e. The number of rotatable bonds is 4. The van der Waals surface area contributed by atoms with Crippen molar-refractivity contribution in [2.75, 3.05) is 6.79 Å². The van der Waals surface area contributed by atoms with Crippen molar-refractivity contribution in [3.63, 3.8) is 0 Å². The number of nitrogens with two attached hydrogens (primary N) is 1. The molecule has 2 N–H and O–H groups in total. The summed E-state index contributed by atoms with van der Waals surface area (Å²) in [7, 11) is 0. The average molecular weight is 231 g/mol. The molecular weight excluding hydrogens is 210 g/mol. The van der Waals surface area contributed by atoms with E-state index in [-0.39, 0.29) is 12.7 Å². The van der Waals surface area contributed by atoms with E-state index in [1.807, 2.05) is 13.8 Å². The maximum Gasteiger partial charge on any atom is 0.326 e. The van der Waals surface area contributed by atoms with Crippen molar-refractivity contribution in [1.29, 1.82) is 0 Å². The van der Waals surface area contributed by atoms with Crippen LogP contribution in [0.25, 0.3) is 0 Å². The van der Waals surface area contributed by atoms with Gasteiger partial charge in [0.25, 0.3) is 0 Å². The summed E-state index contributed by atoms with van der Waals surface area (Å²) in [5, 5.41) is 0. The molecule has 0 aliphatic heterocycles. The minimum absolute atomic E-state index is 0.00850. The molecule has 0 aliphatic carbocycles. The van der Waals surface area contributed by atoms with Crippen molar-refractivity contribution in [3.8, 4) is 0 Å². The monoisotopic (exact) mass is 231 g/mol. The standard InChI is InChI=1S/C11H21NO4/c1-7(2)8(12)9(13)15-6-16-10(14)11(3,4)5/h7-8H,6,12H2,1-5H3/t8-/m0/s1. The molecule has 5 nitrogen and oxygen atoms in total. The lowest BCUT2D eigenvalue weighted by Gasteiger charge is -2.18. The van der Waals surface area contributed by atoms with Gasteiger partial charge < -0.3 is 15.2 Å². The topological polar surface area (TPSA) is 78.6 Å². The van der Waals surface area contributed by atoms with E-state index < -0.39 is 23.4 Å². The fourth-order valence-corrected chi connectivity index (χ4v) is 0.726. The first-order chi connectivity index (χ1) is 7.16. The predicted octanol–water partition coefficient (Wildman–Crippen LogP) is 1.06. The van der Waals surface area contributed by atoms with Gasteiger partial charge in [-0.15, -0.1) is 0 Å². The molecule has 5 heteroatoms. The highest BCUT2D eigenvalue weighted by atomic mass is 16.7. The number of esters is 2. The van der Waals surface area contributed by atoms with Crippen molar-refractivity contribution in [3.05, 3.63) is 0 Å². The van der Waals surface area contributed by atoms with Crippen LogP contribution in [-0.2, 0) is 19.1 Å². The van der Waals surface area contributed by atoms with Gasteiger partial charge in [-0.05, 0) is 26.7 Å². The normalized spacial score (nSPS) is 13.4. The molecule has 0 amide bonds. The Bertz CT molecular complexity index is 255. The largest absolute Gasteiger partial charge is 0.427 e. The van der Waals surface area contributed by atoms with E-state index in [1.54, 1.807) is 20.8 Å². The number of carbonyl (C=O) groups excluding carboxylic acids is 2. The van der Waals surface area contributed by atoms with Crippen LogP contribution in [0.15, 0.2) is 0 Å². The van der Waals surface area contributed by atoms with Crippen LogP contribution in [0.3, 0.4) is 0 Å². The molecular formula is C11H21NO4. The summed E-state index contributed by atoms with van der Waals surface area (Å²) in [6.07, 6.45) is 0. The summed E-state index contributed by atoms with van der Waals surface area (Å²) in [5.41, 5.74) is 4.94. The van der Waals surface area contributed by atoms with Crippen LogP contribution in [0, 0.1) is 11.3 Å². The molecule has 0 heterocycles. The summed E-state index contributed by atoms with van der Waals surface area (Å²) in [6, 6.07) is -0.687. The van der Waals surface area contributed by atoms with Crippen molar-refractivity contribution < 1.29 is 19.1 Å². The lowest BCUT2D eigenvalue weighted by atomic mass is 9.98. The highest BCUT2D eigenvalue weighted by Gasteiger charge is 2.24. The van der Waals surface area contributed by atoms with Gasteiger partial charge in [0.05, 0.1) is 5.41 Å². The summed E-state index contributed by atoms with van der Waals surface area (Å²) in [4.78, 5) is 22.6. The highest BCUT2D eigenvalue weighted by Crippen LogP contribution is 2.14. The van der Waals surface area contributed by atoms with Crippen molar-refractivity contribution in [2.45, 2.75) is 40.7 Å². The zero-order chi connectivity index (χ0) is 12.9. The number of carbonyl (C=O) groups is 2. The Balaban J connectivity index is 3.92. The third-order valence-corrected chi connectivity index (χ3v) is 1.99. The van der Waals surface area contributed by atoms with Crippen LogP contribution < -0.4 is 5.73 Å². The molecule has 0 saturated heterocycles. The molecule has 0 unspecified atom stereocenters. The Morgan fingerprint density at radius 1 is 1.19 bits per heavy atom. The van der Waals surface area contributed by atoms with E-state index in [0.717, 1.165) is 0 Å². The fourth-order valence-electron chi connectivity index (χ4n) is 0.726. The molecule has 0 saturated carbocycles.